The monoisotopic (exact) mass is 267 g/mol. The molecule has 1 aliphatic rings. The third-order valence-electron chi connectivity index (χ3n) is 3.26. The van der Waals surface area contributed by atoms with E-state index < -0.39 is 10.8 Å². The molecule has 3 nitrogen and oxygen atoms in total. The highest BCUT2D eigenvalue weighted by Crippen LogP contribution is 2.42. The van der Waals surface area contributed by atoms with E-state index in [1.807, 2.05) is 18.2 Å². The smallest absolute Gasteiger partial charge is 0.125 e. The molecular formula is C14H21NO2S. The van der Waals surface area contributed by atoms with Crippen molar-refractivity contribution < 1.29 is 8.95 Å². The number of rotatable bonds is 5. The highest BCUT2D eigenvalue weighted by Gasteiger charge is 2.40. The van der Waals surface area contributed by atoms with Crippen molar-refractivity contribution in [1.29, 1.82) is 0 Å². The van der Waals surface area contributed by atoms with Gasteiger partial charge in [0.15, 0.2) is 0 Å². The third kappa shape index (κ3) is 2.93. The fourth-order valence-corrected chi connectivity index (χ4v) is 2.96. The number of para-hydroxylation sites is 1. The van der Waals surface area contributed by atoms with Gasteiger partial charge in [0.1, 0.15) is 11.4 Å². The van der Waals surface area contributed by atoms with Gasteiger partial charge in [0, 0.05) is 28.4 Å². The molecule has 1 N–H and O–H groups in total. The quantitative estimate of drug-likeness (QED) is 0.832. The van der Waals surface area contributed by atoms with Crippen molar-refractivity contribution in [3.63, 3.8) is 0 Å². The van der Waals surface area contributed by atoms with Gasteiger partial charge in [0.25, 0.3) is 0 Å². The van der Waals surface area contributed by atoms with Gasteiger partial charge in [-0.05, 0) is 32.9 Å². The lowest BCUT2D eigenvalue weighted by atomic mass is 9.94. The second-order valence-electron chi connectivity index (χ2n) is 5.26. The standard InChI is InChI=1S/C14H21NO2S/c1-14(2)13(15-9-6-10-18(3)16)11-7-4-5-8-12(11)17-14/h4-5,7-8,13,15H,6,9-10H2,1-3H3. The number of benzene rings is 1. The first kappa shape index (κ1) is 13.6. The maximum atomic E-state index is 11.0. The summed E-state index contributed by atoms with van der Waals surface area (Å²) in [6.07, 6.45) is 2.68. The SMILES string of the molecule is CS(=O)CCCNC1c2ccccc2OC1(C)C. The summed E-state index contributed by atoms with van der Waals surface area (Å²) in [6.45, 7) is 5.07. The van der Waals surface area contributed by atoms with E-state index in [1.165, 1.54) is 5.56 Å². The average molecular weight is 267 g/mol. The largest absolute Gasteiger partial charge is 0.486 e. The minimum Gasteiger partial charge on any atom is -0.486 e. The molecular weight excluding hydrogens is 246 g/mol. The Morgan fingerprint density at radius 3 is 2.83 bits per heavy atom. The molecule has 100 valence electrons. The van der Waals surface area contributed by atoms with Crippen molar-refractivity contribution in [2.24, 2.45) is 0 Å². The Labute approximate surface area is 111 Å². The maximum absolute atomic E-state index is 11.0. The second kappa shape index (κ2) is 5.41. The summed E-state index contributed by atoms with van der Waals surface area (Å²) in [5, 5.41) is 3.52. The van der Waals surface area contributed by atoms with Crippen molar-refractivity contribution >= 4 is 10.8 Å². The van der Waals surface area contributed by atoms with Crippen molar-refractivity contribution in [3.05, 3.63) is 29.8 Å². The molecule has 1 heterocycles. The first-order chi connectivity index (χ1) is 8.50. The Hall–Kier alpha value is -0.870. The highest BCUT2D eigenvalue weighted by molar-refractivity contribution is 7.84. The summed E-state index contributed by atoms with van der Waals surface area (Å²) in [5.74, 6) is 1.72. The van der Waals surface area contributed by atoms with E-state index >= 15 is 0 Å². The molecule has 1 aromatic carbocycles. The molecule has 0 spiro atoms. The molecule has 2 atom stereocenters. The summed E-state index contributed by atoms with van der Waals surface area (Å²) in [7, 11) is -0.704. The van der Waals surface area contributed by atoms with Crippen LogP contribution in [-0.2, 0) is 10.8 Å². The van der Waals surface area contributed by atoms with Crippen LogP contribution in [0.2, 0.25) is 0 Å². The van der Waals surface area contributed by atoms with Gasteiger partial charge >= 0.3 is 0 Å². The molecule has 18 heavy (non-hydrogen) atoms. The summed E-state index contributed by atoms with van der Waals surface area (Å²) in [5.41, 5.74) is 0.995. The van der Waals surface area contributed by atoms with Gasteiger partial charge in [-0.2, -0.15) is 0 Å². The van der Waals surface area contributed by atoms with Crippen LogP contribution >= 0.6 is 0 Å². The molecule has 0 fully saturated rings. The molecule has 0 saturated heterocycles. The van der Waals surface area contributed by atoms with Crippen LogP contribution in [0.3, 0.4) is 0 Å². The maximum Gasteiger partial charge on any atom is 0.125 e. The molecule has 0 radical (unpaired) electrons. The van der Waals surface area contributed by atoms with E-state index in [4.69, 9.17) is 4.74 Å². The van der Waals surface area contributed by atoms with Gasteiger partial charge in [-0.25, -0.2) is 0 Å². The van der Waals surface area contributed by atoms with E-state index in [1.54, 1.807) is 6.26 Å². The minimum atomic E-state index is -0.704. The van der Waals surface area contributed by atoms with E-state index in [0.717, 1.165) is 24.5 Å². The molecule has 0 amide bonds. The first-order valence-corrected chi connectivity index (χ1v) is 8.05. The fraction of sp³-hybridized carbons (Fsp3) is 0.571. The molecule has 0 aromatic heterocycles. The summed E-state index contributed by atoms with van der Waals surface area (Å²) >= 11 is 0. The van der Waals surface area contributed by atoms with Crippen molar-refractivity contribution in [2.45, 2.75) is 31.9 Å². The van der Waals surface area contributed by atoms with E-state index in [0.29, 0.717) is 0 Å². The molecule has 1 aromatic rings. The zero-order chi connectivity index (χ0) is 13.2. The van der Waals surface area contributed by atoms with Crippen molar-refractivity contribution in [2.75, 3.05) is 18.6 Å². The predicted molar refractivity (Wildman–Crippen MR) is 75.4 cm³/mol. The number of fused-ring (bicyclic) bond motifs is 1. The Morgan fingerprint density at radius 2 is 2.11 bits per heavy atom. The highest BCUT2D eigenvalue weighted by atomic mass is 32.2. The number of nitrogens with one attached hydrogen (secondary N) is 1. The molecule has 0 saturated carbocycles. The molecule has 1 aliphatic heterocycles. The van der Waals surface area contributed by atoms with Gasteiger partial charge in [-0.3, -0.25) is 4.21 Å². The average Bonchev–Trinajstić information content (AvgIpc) is 2.54. The van der Waals surface area contributed by atoms with Crippen LogP contribution in [-0.4, -0.2) is 28.4 Å². The van der Waals surface area contributed by atoms with Crippen LogP contribution < -0.4 is 10.1 Å². The van der Waals surface area contributed by atoms with Gasteiger partial charge in [-0.15, -0.1) is 0 Å². The van der Waals surface area contributed by atoms with Crippen LogP contribution in [0.5, 0.6) is 5.75 Å². The molecule has 2 rings (SSSR count). The van der Waals surface area contributed by atoms with E-state index in [-0.39, 0.29) is 11.6 Å². The van der Waals surface area contributed by atoms with Crippen LogP contribution in [0.1, 0.15) is 31.9 Å². The zero-order valence-electron chi connectivity index (χ0n) is 11.2. The first-order valence-electron chi connectivity index (χ1n) is 6.32. The fourth-order valence-electron chi connectivity index (χ4n) is 2.41. The van der Waals surface area contributed by atoms with Gasteiger partial charge in [-0.1, -0.05) is 18.2 Å². The van der Waals surface area contributed by atoms with Crippen LogP contribution in [0, 0.1) is 0 Å². The number of hydrogen-bond donors (Lipinski definition) is 1. The van der Waals surface area contributed by atoms with Crippen LogP contribution in [0.4, 0.5) is 0 Å². The van der Waals surface area contributed by atoms with Crippen LogP contribution in [0.15, 0.2) is 24.3 Å². The third-order valence-corrected chi connectivity index (χ3v) is 4.12. The van der Waals surface area contributed by atoms with E-state index in [2.05, 4.69) is 25.2 Å². The summed E-state index contributed by atoms with van der Waals surface area (Å²) < 4.78 is 17.0. The van der Waals surface area contributed by atoms with Crippen molar-refractivity contribution in [3.8, 4) is 5.75 Å². The predicted octanol–water partition coefficient (Wildman–Crippen LogP) is 2.26. The van der Waals surface area contributed by atoms with Gasteiger partial charge < -0.3 is 10.1 Å². The Bertz CT molecular complexity index is 445. The molecule has 0 aliphatic carbocycles. The van der Waals surface area contributed by atoms with E-state index in [9.17, 15) is 4.21 Å². The molecule has 0 bridgehead atoms. The normalized spacial score (nSPS) is 22.3. The topological polar surface area (TPSA) is 38.3 Å². The summed E-state index contributed by atoms with van der Waals surface area (Å²) in [4.78, 5) is 0. The van der Waals surface area contributed by atoms with Crippen LogP contribution in [0.25, 0.3) is 0 Å². The zero-order valence-corrected chi connectivity index (χ0v) is 12.0. The second-order valence-corrected chi connectivity index (χ2v) is 6.82. The molecule has 4 heteroatoms. The lowest BCUT2D eigenvalue weighted by molar-refractivity contribution is 0.0967. The Balaban J connectivity index is 2.00. The Kier molecular flexibility index (Phi) is 4.07. The number of ether oxygens (including phenoxy) is 1. The number of hydrogen-bond acceptors (Lipinski definition) is 3. The lowest BCUT2D eigenvalue weighted by Gasteiger charge is -2.27. The summed E-state index contributed by atoms with van der Waals surface area (Å²) in [6, 6.07) is 8.37. The van der Waals surface area contributed by atoms with Gasteiger partial charge in [0.2, 0.25) is 0 Å². The molecule has 2 unspecified atom stereocenters. The van der Waals surface area contributed by atoms with Crippen molar-refractivity contribution in [1.82, 2.24) is 5.32 Å². The Morgan fingerprint density at radius 1 is 1.39 bits per heavy atom. The minimum absolute atomic E-state index is 0.207. The lowest BCUT2D eigenvalue weighted by Crippen LogP contribution is -2.39. The van der Waals surface area contributed by atoms with Gasteiger partial charge in [0.05, 0.1) is 6.04 Å².